The fraction of sp³-hybridized carbons (Fsp3) is 0.533. The molecule has 6 heteroatoms. The number of hydrogen-bond acceptors (Lipinski definition) is 4. The minimum atomic E-state index is -0.0545. The second kappa shape index (κ2) is 8.74. The molecule has 118 valence electrons. The predicted molar refractivity (Wildman–Crippen MR) is 84.2 cm³/mol. The summed E-state index contributed by atoms with van der Waals surface area (Å²) in [6.07, 6.45) is 0.976. The van der Waals surface area contributed by atoms with Gasteiger partial charge in [-0.3, -0.25) is 4.79 Å². The maximum absolute atomic E-state index is 11.4. The molecule has 1 aromatic carbocycles. The van der Waals surface area contributed by atoms with Crippen molar-refractivity contribution in [1.82, 2.24) is 5.32 Å². The SMILES string of the molecule is CCNC(=O)CCOc1c(Cl)cc(CC(C)N)cc1OC. The number of nitrogens with one attached hydrogen (secondary N) is 1. The lowest BCUT2D eigenvalue weighted by atomic mass is 10.1. The van der Waals surface area contributed by atoms with Gasteiger partial charge in [0.05, 0.1) is 25.2 Å². The molecular weight excluding hydrogens is 292 g/mol. The van der Waals surface area contributed by atoms with Gasteiger partial charge in [-0.15, -0.1) is 0 Å². The zero-order valence-electron chi connectivity index (χ0n) is 12.7. The lowest BCUT2D eigenvalue weighted by Crippen LogP contribution is -2.24. The van der Waals surface area contributed by atoms with E-state index in [1.807, 2.05) is 26.0 Å². The van der Waals surface area contributed by atoms with Crippen molar-refractivity contribution in [2.75, 3.05) is 20.3 Å². The first kappa shape index (κ1) is 17.6. The van der Waals surface area contributed by atoms with E-state index in [-0.39, 0.29) is 25.0 Å². The summed E-state index contributed by atoms with van der Waals surface area (Å²) in [5.74, 6) is 0.951. The van der Waals surface area contributed by atoms with Gasteiger partial charge in [0.2, 0.25) is 5.91 Å². The number of amides is 1. The van der Waals surface area contributed by atoms with Crippen molar-refractivity contribution in [3.05, 3.63) is 22.7 Å². The molecule has 0 aliphatic heterocycles. The Kier molecular flexibility index (Phi) is 7.32. The molecule has 0 saturated heterocycles. The molecule has 0 aromatic heterocycles. The van der Waals surface area contributed by atoms with Crippen LogP contribution in [0.3, 0.4) is 0 Å². The molecule has 0 heterocycles. The quantitative estimate of drug-likeness (QED) is 0.771. The van der Waals surface area contributed by atoms with Crippen LogP contribution in [0, 0.1) is 0 Å². The predicted octanol–water partition coefficient (Wildman–Crippen LogP) is 2.14. The van der Waals surface area contributed by atoms with E-state index in [9.17, 15) is 4.79 Å². The molecule has 0 fully saturated rings. The number of carbonyl (C=O) groups excluding carboxylic acids is 1. The molecule has 1 unspecified atom stereocenters. The zero-order chi connectivity index (χ0) is 15.8. The highest BCUT2D eigenvalue weighted by molar-refractivity contribution is 6.32. The first-order chi connectivity index (χ1) is 9.97. The number of methoxy groups -OCH3 is 1. The van der Waals surface area contributed by atoms with Gasteiger partial charge in [-0.25, -0.2) is 0 Å². The van der Waals surface area contributed by atoms with Gasteiger partial charge in [0.1, 0.15) is 0 Å². The normalized spacial score (nSPS) is 11.9. The molecule has 0 spiro atoms. The molecular formula is C15H23ClN2O3. The summed E-state index contributed by atoms with van der Waals surface area (Å²) in [5, 5.41) is 3.17. The van der Waals surface area contributed by atoms with Gasteiger partial charge in [0.25, 0.3) is 0 Å². The van der Waals surface area contributed by atoms with Crippen molar-refractivity contribution in [1.29, 1.82) is 0 Å². The average molecular weight is 315 g/mol. The minimum Gasteiger partial charge on any atom is -0.493 e. The molecule has 1 rings (SSSR count). The summed E-state index contributed by atoms with van der Waals surface area (Å²) in [7, 11) is 1.55. The van der Waals surface area contributed by atoms with Crippen LogP contribution >= 0.6 is 11.6 Å². The molecule has 0 radical (unpaired) electrons. The van der Waals surface area contributed by atoms with Crippen LogP contribution in [0.25, 0.3) is 0 Å². The Morgan fingerprint density at radius 2 is 2.19 bits per heavy atom. The summed E-state index contributed by atoms with van der Waals surface area (Å²) in [6.45, 7) is 4.65. The number of ether oxygens (including phenoxy) is 2. The smallest absolute Gasteiger partial charge is 0.223 e. The maximum atomic E-state index is 11.4. The van der Waals surface area contributed by atoms with Crippen LogP contribution in [-0.2, 0) is 11.2 Å². The number of carbonyl (C=O) groups is 1. The number of benzene rings is 1. The van der Waals surface area contributed by atoms with Crippen molar-refractivity contribution >= 4 is 17.5 Å². The second-order valence-corrected chi connectivity index (χ2v) is 5.25. The van der Waals surface area contributed by atoms with Gasteiger partial charge >= 0.3 is 0 Å². The Bertz CT molecular complexity index is 478. The van der Waals surface area contributed by atoms with E-state index in [2.05, 4.69) is 5.32 Å². The van der Waals surface area contributed by atoms with Crippen LogP contribution in [-0.4, -0.2) is 32.2 Å². The fourth-order valence-electron chi connectivity index (χ4n) is 1.93. The van der Waals surface area contributed by atoms with E-state index in [1.165, 1.54) is 0 Å². The van der Waals surface area contributed by atoms with Gasteiger partial charge in [-0.2, -0.15) is 0 Å². The lowest BCUT2D eigenvalue weighted by molar-refractivity contribution is -0.121. The van der Waals surface area contributed by atoms with E-state index < -0.39 is 0 Å². The maximum Gasteiger partial charge on any atom is 0.223 e. The number of rotatable bonds is 8. The van der Waals surface area contributed by atoms with E-state index in [1.54, 1.807) is 7.11 Å². The summed E-state index contributed by atoms with van der Waals surface area (Å²) in [4.78, 5) is 11.4. The minimum absolute atomic E-state index is 0.0373. The average Bonchev–Trinajstić information content (AvgIpc) is 2.40. The van der Waals surface area contributed by atoms with Crippen molar-refractivity contribution in [3.63, 3.8) is 0 Å². The Hall–Kier alpha value is -1.46. The third kappa shape index (κ3) is 5.81. The van der Waals surface area contributed by atoms with Gasteiger partial charge in [0.15, 0.2) is 11.5 Å². The van der Waals surface area contributed by atoms with E-state index in [0.29, 0.717) is 29.5 Å². The monoisotopic (exact) mass is 314 g/mol. The fourth-order valence-corrected chi connectivity index (χ4v) is 2.22. The molecule has 1 amide bonds. The highest BCUT2D eigenvalue weighted by atomic mass is 35.5. The summed E-state index contributed by atoms with van der Waals surface area (Å²) >= 11 is 6.23. The Morgan fingerprint density at radius 1 is 1.48 bits per heavy atom. The highest BCUT2D eigenvalue weighted by Crippen LogP contribution is 2.36. The summed E-state index contributed by atoms with van der Waals surface area (Å²) < 4.78 is 10.9. The van der Waals surface area contributed by atoms with Gasteiger partial charge in [0, 0.05) is 12.6 Å². The third-order valence-corrected chi connectivity index (χ3v) is 3.08. The van der Waals surface area contributed by atoms with Gasteiger partial charge in [-0.05, 0) is 38.0 Å². The first-order valence-corrected chi connectivity index (χ1v) is 7.37. The standard InChI is InChI=1S/C15H23ClN2O3/c1-4-18-14(19)5-6-21-15-12(16)8-11(7-10(2)17)9-13(15)20-3/h8-10H,4-7,17H2,1-3H3,(H,18,19). The van der Waals surface area contributed by atoms with Crippen LogP contribution < -0.4 is 20.5 Å². The molecule has 1 atom stereocenters. The zero-order valence-corrected chi connectivity index (χ0v) is 13.5. The summed E-state index contributed by atoms with van der Waals surface area (Å²) in [5.41, 5.74) is 6.78. The molecule has 0 bridgehead atoms. The first-order valence-electron chi connectivity index (χ1n) is 6.99. The van der Waals surface area contributed by atoms with Crippen LogP contribution in [0.4, 0.5) is 0 Å². The van der Waals surface area contributed by atoms with Crippen LogP contribution in [0.15, 0.2) is 12.1 Å². The summed E-state index contributed by atoms with van der Waals surface area (Å²) in [6, 6.07) is 3.71. The highest BCUT2D eigenvalue weighted by Gasteiger charge is 2.13. The molecule has 5 nitrogen and oxygen atoms in total. The number of nitrogens with two attached hydrogens (primary N) is 1. The van der Waals surface area contributed by atoms with Crippen molar-refractivity contribution < 1.29 is 14.3 Å². The van der Waals surface area contributed by atoms with Crippen LogP contribution in [0.1, 0.15) is 25.8 Å². The van der Waals surface area contributed by atoms with E-state index in [4.69, 9.17) is 26.8 Å². The Morgan fingerprint density at radius 3 is 2.76 bits per heavy atom. The molecule has 21 heavy (non-hydrogen) atoms. The number of halogens is 1. The topological polar surface area (TPSA) is 73.6 Å². The molecule has 0 aliphatic carbocycles. The molecule has 0 saturated carbocycles. The van der Waals surface area contributed by atoms with Crippen molar-refractivity contribution in [2.24, 2.45) is 5.73 Å². The van der Waals surface area contributed by atoms with Crippen LogP contribution in [0.5, 0.6) is 11.5 Å². The van der Waals surface area contributed by atoms with Crippen molar-refractivity contribution in [2.45, 2.75) is 32.7 Å². The molecule has 0 aliphatic rings. The number of hydrogen-bond donors (Lipinski definition) is 2. The Balaban J connectivity index is 2.75. The third-order valence-electron chi connectivity index (χ3n) is 2.80. The van der Waals surface area contributed by atoms with E-state index in [0.717, 1.165) is 5.56 Å². The van der Waals surface area contributed by atoms with Crippen LogP contribution in [0.2, 0.25) is 5.02 Å². The Labute approximate surface area is 130 Å². The lowest BCUT2D eigenvalue weighted by Gasteiger charge is -2.15. The van der Waals surface area contributed by atoms with Gasteiger partial charge < -0.3 is 20.5 Å². The second-order valence-electron chi connectivity index (χ2n) is 4.84. The molecule has 1 aromatic rings. The molecule has 3 N–H and O–H groups in total. The largest absolute Gasteiger partial charge is 0.493 e. The van der Waals surface area contributed by atoms with Crippen molar-refractivity contribution in [3.8, 4) is 11.5 Å². The van der Waals surface area contributed by atoms with E-state index >= 15 is 0 Å². The van der Waals surface area contributed by atoms with Gasteiger partial charge in [-0.1, -0.05) is 11.6 Å².